The van der Waals surface area contributed by atoms with Crippen LogP contribution in [0.2, 0.25) is 0 Å². The molecule has 0 atom stereocenters. The highest BCUT2D eigenvalue weighted by atomic mass is 16.6. The van der Waals surface area contributed by atoms with Gasteiger partial charge in [0.1, 0.15) is 13.2 Å². The summed E-state index contributed by atoms with van der Waals surface area (Å²) >= 11 is 0. The molecule has 0 saturated heterocycles. The Kier molecular flexibility index (Phi) is 9.01. The highest BCUT2D eigenvalue weighted by Crippen LogP contribution is 2.34. The third kappa shape index (κ3) is 6.39. The molecule has 0 unspecified atom stereocenters. The van der Waals surface area contributed by atoms with Crippen molar-refractivity contribution in [2.75, 3.05) is 26.9 Å². The Hall–Kier alpha value is -4.37. The van der Waals surface area contributed by atoms with Crippen LogP contribution >= 0.6 is 0 Å². The van der Waals surface area contributed by atoms with Crippen LogP contribution < -0.4 is 0 Å². The molecule has 0 radical (unpaired) electrons. The van der Waals surface area contributed by atoms with Gasteiger partial charge in [-0.25, -0.2) is 9.59 Å². The molecule has 0 aliphatic carbocycles. The van der Waals surface area contributed by atoms with Crippen molar-refractivity contribution in [3.63, 3.8) is 0 Å². The molecule has 0 aliphatic rings. The van der Waals surface area contributed by atoms with Crippen LogP contribution in [0.5, 0.6) is 0 Å². The Morgan fingerprint density at radius 3 is 2.25 bits per heavy atom. The maximum atomic E-state index is 13.2. The first-order valence-corrected chi connectivity index (χ1v) is 11.1. The van der Waals surface area contributed by atoms with E-state index in [9.17, 15) is 19.7 Å². The number of aromatic nitrogens is 1. The van der Waals surface area contributed by atoms with Crippen LogP contribution in [0.3, 0.4) is 0 Å². The van der Waals surface area contributed by atoms with E-state index >= 15 is 0 Å². The van der Waals surface area contributed by atoms with Crippen molar-refractivity contribution in [2.45, 2.75) is 13.8 Å². The van der Waals surface area contributed by atoms with Gasteiger partial charge in [0.05, 0.1) is 34.0 Å². The van der Waals surface area contributed by atoms with E-state index in [1.807, 2.05) is 36.4 Å². The van der Waals surface area contributed by atoms with Crippen molar-refractivity contribution in [3.8, 4) is 11.1 Å². The zero-order valence-corrected chi connectivity index (χ0v) is 20.2. The average molecular weight is 491 g/mol. The number of nitro groups is 1. The fourth-order valence-corrected chi connectivity index (χ4v) is 3.65. The number of nitro benzene ring substituents is 1. The lowest BCUT2D eigenvalue weighted by Gasteiger charge is -2.18. The van der Waals surface area contributed by atoms with E-state index in [0.29, 0.717) is 17.0 Å². The SMILES string of the molecule is COCCOC(=O)c1c(C)nc(C)c(C(=O)OC/C=C\c2ccccc2)c1-c1cccc([N+](=O)[O-])c1. The summed E-state index contributed by atoms with van der Waals surface area (Å²) in [6, 6.07) is 15.2. The number of carbonyl (C=O) groups is 2. The summed E-state index contributed by atoms with van der Waals surface area (Å²) in [5.41, 5.74) is 1.92. The van der Waals surface area contributed by atoms with E-state index in [2.05, 4.69) is 4.98 Å². The highest BCUT2D eigenvalue weighted by Gasteiger charge is 2.28. The third-order valence-corrected chi connectivity index (χ3v) is 5.25. The zero-order valence-electron chi connectivity index (χ0n) is 20.2. The Morgan fingerprint density at radius 2 is 1.61 bits per heavy atom. The van der Waals surface area contributed by atoms with Crippen LogP contribution in [0.15, 0.2) is 60.7 Å². The monoisotopic (exact) mass is 490 g/mol. The number of nitrogens with zero attached hydrogens (tertiary/aromatic N) is 2. The van der Waals surface area contributed by atoms with Gasteiger partial charge in [0.25, 0.3) is 5.69 Å². The number of esters is 2. The summed E-state index contributed by atoms with van der Waals surface area (Å²) in [6.07, 6.45) is 3.50. The van der Waals surface area contributed by atoms with E-state index in [4.69, 9.17) is 14.2 Å². The fraction of sp³-hybridized carbons (Fsp3) is 0.222. The summed E-state index contributed by atoms with van der Waals surface area (Å²) in [5.74, 6) is -1.44. The second-order valence-electron chi connectivity index (χ2n) is 7.76. The quantitative estimate of drug-likeness (QED) is 0.170. The zero-order chi connectivity index (χ0) is 26.1. The Bertz CT molecular complexity index is 1290. The maximum Gasteiger partial charge on any atom is 0.340 e. The van der Waals surface area contributed by atoms with E-state index < -0.39 is 16.9 Å². The molecular weight excluding hydrogens is 464 g/mol. The topological polar surface area (TPSA) is 118 Å². The standard InChI is InChI=1S/C27H26N2O7/c1-18-23(26(30)35-14-8-11-20-9-5-4-6-10-20)25(21-12-7-13-22(17-21)29(32)33)24(19(2)28-18)27(31)36-16-15-34-3/h4-13,17H,14-16H2,1-3H3/b11-8-. The van der Waals surface area contributed by atoms with Gasteiger partial charge >= 0.3 is 11.9 Å². The number of methoxy groups -OCH3 is 1. The number of non-ortho nitro benzene ring substituents is 1. The van der Waals surface area contributed by atoms with E-state index in [-0.39, 0.29) is 42.2 Å². The molecule has 1 heterocycles. The molecule has 9 heteroatoms. The predicted molar refractivity (Wildman–Crippen MR) is 134 cm³/mol. The lowest BCUT2D eigenvalue weighted by Crippen LogP contribution is -2.18. The molecule has 0 spiro atoms. The second-order valence-corrected chi connectivity index (χ2v) is 7.76. The Labute approximate surface area is 208 Å². The molecule has 2 aromatic carbocycles. The van der Waals surface area contributed by atoms with Gasteiger partial charge in [-0.3, -0.25) is 15.1 Å². The number of aryl methyl sites for hydroxylation is 2. The molecule has 0 saturated carbocycles. The van der Waals surface area contributed by atoms with Crippen LogP contribution in [-0.2, 0) is 14.2 Å². The molecule has 0 N–H and O–H groups in total. The molecule has 1 aromatic heterocycles. The molecule has 0 aliphatic heterocycles. The van der Waals surface area contributed by atoms with Gasteiger partial charge < -0.3 is 14.2 Å². The summed E-state index contributed by atoms with van der Waals surface area (Å²) in [5, 5.41) is 11.4. The van der Waals surface area contributed by atoms with Crippen molar-refractivity contribution in [2.24, 2.45) is 0 Å². The summed E-state index contributed by atoms with van der Waals surface area (Å²) in [6.45, 7) is 3.37. The normalized spacial score (nSPS) is 10.9. The van der Waals surface area contributed by atoms with Crippen LogP contribution in [0, 0.1) is 24.0 Å². The van der Waals surface area contributed by atoms with E-state index in [1.165, 1.54) is 25.3 Å². The van der Waals surface area contributed by atoms with Crippen molar-refractivity contribution in [1.82, 2.24) is 4.98 Å². The molecule has 3 rings (SSSR count). The van der Waals surface area contributed by atoms with Crippen LogP contribution in [0.1, 0.15) is 37.7 Å². The Balaban J connectivity index is 2.05. The highest BCUT2D eigenvalue weighted by molar-refractivity contribution is 6.07. The molecule has 0 amide bonds. The summed E-state index contributed by atoms with van der Waals surface area (Å²) < 4.78 is 15.7. The summed E-state index contributed by atoms with van der Waals surface area (Å²) in [7, 11) is 1.47. The lowest BCUT2D eigenvalue weighted by atomic mass is 9.92. The van der Waals surface area contributed by atoms with E-state index in [1.54, 1.807) is 26.0 Å². The molecule has 0 bridgehead atoms. The first kappa shape index (κ1) is 26.2. The molecular formula is C27H26N2O7. The van der Waals surface area contributed by atoms with Crippen molar-refractivity contribution in [1.29, 1.82) is 0 Å². The smallest absolute Gasteiger partial charge is 0.340 e. The predicted octanol–water partition coefficient (Wildman–Crippen LogP) is 4.95. The van der Waals surface area contributed by atoms with Crippen molar-refractivity contribution in [3.05, 3.63) is 98.9 Å². The largest absolute Gasteiger partial charge is 0.460 e. The van der Waals surface area contributed by atoms with Crippen LogP contribution in [-0.4, -0.2) is 48.8 Å². The molecule has 0 fully saturated rings. The average Bonchev–Trinajstić information content (AvgIpc) is 2.86. The van der Waals surface area contributed by atoms with E-state index in [0.717, 1.165) is 5.56 Å². The number of hydrogen-bond acceptors (Lipinski definition) is 8. The first-order valence-electron chi connectivity index (χ1n) is 11.1. The van der Waals surface area contributed by atoms with Gasteiger partial charge in [-0.1, -0.05) is 48.5 Å². The minimum atomic E-state index is -0.725. The molecule has 186 valence electrons. The first-order chi connectivity index (χ1) is 17.3. The minimum absolute atomic E-state index is 0.0128. The lowest BCUT2D eigenvalue weighted by molar-refractivity contribution is -0.384. The van der Waals surface area contributed by atoms with Gasteiger partial charge in [0.2, 0.25) is 0 Å². The number of pyridine rings is 1. The summed E-state index contributed by atoms with van der Waals surface area (Å²) in [4.78, 5) is 41.5. The van der Waals surface area contributed by atoms with Gasteiger partial charge in [-0.15, -0.1) is 0 Å². The van der Waals surface area contributed by atoms with Gasteiger partial charge in [-0.2, -0.15) is 0 Å². The number of ether oxygens (including phenoxy) is 3. The Morgan fingerprint density at radius 1 is 0.944 bits per heavy atom. The molecule has 9 nitrogen and oxygen atoms in total. The number of carbonyl (C=O) groups excluding carboxylic acids is 2. The molecule has 3 aromatic rings. The molecule has 36 heavy (non-hydrogen) atoms. The number of hydrogen-bond donors (Lipinski definition) is 0. The maximum absolute atomic E-state index is 13.2. The number of rotatable bonds is 10. The number of benzene rings is 2. The second kappa shape index (κ2) is 12.4. The minimum Gasteiger partial charge on any atom is -0.460 e. The van der Waals surface area contributed by atoms with Gasteiger partial charge in [0, 0.05) is 24.8 Å². The van der Waals surface area contributed by atoms with Crippen LogP contribution in [0.25, 0.3) is 17.2 Å². The third-order valence-electron chi connectivity index (χ3n) is 5.25. The van der Waals surface area contributed by atoms with Crippen molar-refractivity contribution >= 4 is 23.7 Å². The van der Waals surface area contributed by atoms with Gasteiger partial charge in [-0.05, 0) is 31.1 Å². The van der Waals surface area contributed by atoms with Crippen LogP contribution in [0.4, 0.5) is 5.69 Å². The fourth-order valence-electron chi connectivity index (χ4n) is 3.65. The van der Waals surface area contributed by atoms with Gasteiger partial charge in [0.15, 0.2) is 0 Å². The van der Waals surface area contributed by atoms with Crippen molar-refractivity contribution < 1.29 is 28.7 Å².